The zero-order valence-corrected chi connectivity index (χ0v) is 16.1. The third-order valence-corrected chi connectivity index (χ3v) is 4.88. The van der Waals surface area contributed by atoms with Gasteiger partial charge in [0.25, 0.3) is 5.91 Å². The van der Waals surface area contributed by atoms with Crippen molar-refractivity contribution < 1.29 is 18.4 Å². The minimum Gasteiger partial charge on any atom is -0.463 e. The first-order chi connectivity index (χ1) is 14.6. The molecule has 4 heterocycles. The van der Waals surface area contributed by atoms with E-state index in [0.29, 0.717) is 29.3 Å². The number of nitrogens with zero attached hydrogens (tertiary/aromatic N) is 2. The van der Waals surface area contributed by atoms with E-state index in [1.54, 1.807) is 36.6 Å². The van der Waals surface area contributed by atoms with E-state index in [9.17, 15) is 9.59 Å². The summed E-state index contributed by atoms with van der Waals surface area (Å²) in [5, 5.41) is 14.3. The molecule has 30 heavy (non-hydrogen) atoms. The van der Waals surface area contributed by atoms with E-state index in [0.717, 1.165) is 5.39 Å². The minimum atomic E-state index is -0.615. The van der Waals surface area contributed by atoms with Crippen LogP contribution in [0.2, 0.25) is 0 Å². The summed E-state index contributed by atoms with van der Waals surface area (Å²) in [5.41, 5.74) is 1.15. The van der Waals surface area contributed by atoms with Crippen LogP contribution in [0, 0.1) is 0 Å². The van der Waals surface area contributed by atoms with Gasteiger partial charge in [0, 0.05) is 23.9 Å². The van der Waals surface area contributed by atoms with Gasteiger partial charge in [-0.25, -0.2) is 4.68 Å². The van der Waals surface area contributed by atoms with Crippen molar-refractivity contribution in [1.82, 2.24) is 20.4 Å². The Bertz CT molecular complexity index is 1190. The van der Waals surface area contributed by atoms with Gasteiger partial charge in [-0.3, -0.25) is 14.9 Å². The molecule has 0 saturated carbocycles. The minimum absolute atomic E-state index is 0.0427. The molecule has 9 heteroatoms. The van der Waals surface area contributed by atoms with Crippen molar-refractivity contribution in [3.8, 4) is 11.5 Å². The normalized spacial score (nSPS) is 19.0. The molecule has 2 atom stereocenters. The Morgan fingerprint density at radius 2 is 2.10 bits per heavy atom. The molecule has 1 saturated heterocycles. The molecule has 4 aromatic rings. The fourth-order valence-corrected chi connectivity index (χ4v) is 3.49. The molecule has 0 radical (unpaired) electrons. The SMILES string of the molecule is CC1CC(=O)NC(n2nc(-c3ccco3)cc2NC(=O)c2cc3ccccc3o2)N1. The third kappa shape index (κ3) is 3.35. The van der Waals surface area contributed by atoms with Gasteiger partial charge in [-0.05, 0) is 31.2 Å². The summed E-state index contributed by atoms with van der Waals surface area (Å²) in [5.74, 6) is 0.587. The number of para-hydroxylation sites is 1. The largest absolute Gasteiger partial charge is 0.463 e. The number of carbonyl (C=O) groups is 2. The number of rotatable bonds is 4. The summed E-state index contributed by atoms with van der Waals surface area (Å²) >= 11 is 0. The van der Waals surface area contributed by atoms with Crippen LogP contribution < -0.4 is 16.0 Å². The molecule has 9 nitrogen and oxygen atoms in total. The number of fused-ring (bicyclic) bond motifs is 1. The summed E-state index contributed by atoms with van der Waals surface area (Å²) in [6, 6.07) is 14.2. The molecule has 1 aliphatic heterocycles. The quantitative estimate of drug-likeness (QED) is 0.481. The number of aromatic nitrogens is 2. The maximum absolute atomic E-state index is 12.9. The van der Waals surface area contributed by atoms with Crippen molar-refractivity contribution in [2.75, 3.05) is 5.32 Å². The summed E-state index contributed by atoms with van der Waals surface area (Å²) < 4.78 is 12.6. The lowest BCUT2D eigenvalue weighted by Crippen LogP contribution is -2.52. The second-order valence-electron chi connectivity index (χ2n) is 7.18. The highest BCUT2D eigenvalue weighted by molar-refractivity contribution is 6.04. The van der Waals surface area contributed by atoms with E-state index >= 15 is 0 Å². The standard InChI is InChI=1S/C21H19N5O4/c1-12-9-19(27)24-21(22-12)26-18(11-14(25-26)16-7-4-8-29-16)23-20(28)17-10-13-5-2-3-6-15(13)30-17/h2-8,10-12,21-22H,9H2,1H3,(H,23,28)(H,24,27). The van der Waals surface area contributed by atoms with Crippen molar-refractivity contribution in [3.63, 3.8) is 0 Å². The summed E-state index contributed by atoms with van der Waals surface area (Å²) in [6.45, 7) is 1.91. The lowest BCUT2D eigenvalue weighted by atomic mass is 10.2. The first-order valence-electron chi connectivity index (χ1n) is 9.55. The van der Waals surface area contributed by atoms with Gasteiger partial charge in [-0.15, -0.1) is 0 Å². The van der Waals surface area contributed by atoms with Gasteiger partial charge in [0.1, 0.15) is 17.1 Å². The number of nitrogens with one attached hydrogen (secondary N) is 3. The molecule has 2 unspecified atom stereocenters. The van der Waals surface area contributed by atoms with Gasteiger partial charge < -0.3 is 19.5 Å². The fraction of sp³-hybridized carbons (Fsp3) is 0.190. The average Bonchev–Trinajstić information content (AvgIpc) is 3.46. The second-order valence-corrected chi connectivity index (χ2v) is 7.18. The maximum atomic E-state index is 12.9. The van der Waals surface area contributed by atoms with Crippen LogP contribution >= 0.6 is 0 Å². The molecule has 1 aliphatic rings. The molecular formula is C21H19N5O4. The number of carbonyl (C=O) groups excluding carboxylic acids is 2. The highest BCUT2D eigenvalue weighted by Gasteiger charge is 2.28. The lowest BCUT2D eigenvalue weighted by Gasteiger charge is -2.30. The second kappa shape index (κ2) is 7.20. The van der Waals surface area contributed by atoms with Crippen LogP contribution in [0.15, 0.2) is 63.6 Å². The number of hydrogen-bond donors (Lipinski definition) is 3. The Balaban J connectivity index is 1.49. The number of anilines is 1. The Hall–Kier alpha value is -3.85. The maximum Gasteiger partial charge on any atom is 0.292 e. The van der Waals surface area contributed by atoms with Crippen molar-refractivity contribution in [2.45, 2.75) is 25.7 Å². The molecule has 0 bridgehead atoms. The topological polar surface area (TPSA) is 114 Å². The first-order valence-corrected chi connectivity index (χ1v) is 9.55. The Labute approximate surface area is 171 Å². The molecule has 0 spiro atoms. The zero-order valence-electron chi connectivity index (χ0n) is 16.1. The molecule has 1 fully saturated rings. The van der Waals surface area contributed by atoms with Gasteiger partial charge in [-0.2, -0.15) is 5.10 Å². The van der Waals surface area contributed by atoms with Crippen LogP contribution in [0.1, 0.15) is 30.2 Å². The molecule has 5 rings (SSSR count). The highest BCUT2D eigenvalue weighted by Crippen LogP contribution is 2.26. The molecular weight excluding hydrogens is 386 g/mol. The van der Waals surface area contributed by atoms with E-state index in [4.69, 9.17) is 8.83 Å². The van der Waals surface area contributed by atoms with E-state index in [1.165, 1.54) is 4.68 Å². The van der Waals surface area contributed by atoms with Crippen molar-refractivity contribution in [1.29, 1.82) is 0 Å². The Morgan fingerprint density at radius 1 is 1.23 bits per heavy atom. The van der Waals surface area contributed by atoms with Crippen LogP contribution in [-0.4, -0.2) is 27.6 Å². The Kier molecular flexibility index (Phi) is 4.36. The average molecular weight is 405 g/mol. The number of furan rings is 2. The molecule has 152 valence electrons. The van der Waals surface area contributed by atoms with Crippen LogP contribution in [0.3, 0.4) is 0 Å². The predicted octanol–water partition coefficient (Wildman–Crippen LogP) is 3.10. The van der Waals surface area contributed by atoms with E-state index in [-0.39, 0.29) is 17.7 Å². The smallest absolute Gasteiger partial charge is 0.292 e. The first kappa shape index (κ1) is 18.2. The van der Waals surface area contributed by atoms with Gasteiger partial charge in [0.2, 0.25) is 5.91 Å². The third-order valence-electron chi connectivity index (χ3n) is 4.88. The predicted molar refractivity (Wildman–Crippen MR) is 108 cm³/mol. The van der Waals surface area contributed by atoms with Crippen molar-refractivity contribution in [3.05, 3.63) is 60.6 Å². The van der Waals surface area contributed by atoms with Crippen LogP contribution in [0.25, 0.3) is 22.4 Å². The van der Waals surface area contributed by atoms with Gasteiger partial charge in [-0.1, -0.05) is 18.2 Å². The molecule has 1 aromatic carbocycles. The lowest BCUT2D eigenvalue weighted by molar-refractivity contribution is -0.125. The molecule has 0 aliphatic carbocycles. The highest BCUT2D eigenvalue weighted by atomic mass is 16.3. The Morgan fingerprint density at radius 3 is 2.87 bits per heavy atom. The summed E-state index contributed by atoms with van der Waals surface area (Å²) in [7, 11) is 0. The molecule has 2 amide bonds. The molecule has 3 aromatic heterocycles. The summed E-state index contributed by atoms with van der Waals surface area (Å²) in [6.07, 6.45) is 1.30. The van der Waals surface area contributed by atoms with Crippen LogP contribution in [0.5, 0.6) is 0 Å². The number of hydrogen-bond acceptors (Lipinski definition) is 6. The monoisotopic (exact) mass is 405 g/mol. The van der Waals surface area contributed by atoms with Gasteiger partial charge in [0.15, 0.2) is 17.8 Å². The zero-order chi connectivity index (χ0) is 20.7. The number of amides is 2. The van der Waals surface area contributed by atoms with Crippen molar-refractivity contribution >= 4 is 28.6 Å². The summed E-state index contributed by atoms with van der Waals surface area (Å²) in [4.78, 5) is 24.9. The fourth-order valence-electron chi connectivity index (χ4n) is 3.49. The van der Waals surface area contributed by atoms with Crippen LogP contribution in [-0.2, 0) is 4.79 Å². The van der Waals surface area contributed by atoms with E-state index < -0.39 is 12.2 Å². The van der Waals surface area contributed by atoms with Crippen LogP contribution in [0.4, 0.5) is 5.82 Å². The molecule has 3 N–H and O–H groups in total. The number of benzene rings is 1. The van der Waals surface area contributed by atoms with Gasteiger partial charge in [0.05, 0.1) is 6.26 Å². The van der Waals surface area contributed by atoms with Gasteiger partial charge >= 0.3 is 0 Å². The van der Waals surface area contributed by atoms with E-state index in [1.807, 2.05) is 25.1 Å². The van der Waals surface area contributed by atoms with Crippen molar-refractivity contribution in [2.24, 2.45) is 0 Å². The van der Waals surface area contributed by atoms with E-state index in [2.05, 4.69) is 21.0 Å².